The van der Waals surface area contributed by atoms with Crippen LogP contribution < -0.4 is 5.32 Å². The first-order valence-electron chi connectivity index (χ1n) is 4.94. The van der Waals surface area contributed by atoms with E-state index in [0.29, 0.717) is 13.0 Å². The lowest BCUT2D eigenvalue weighted by Gasteiger charge is -2.21. The molecule has 0 aromatic rings. The standard InChI is InChI=1S/C12H15NO/c1-12(2)5-3-4-9-6-11(14)13-8-10(9)7-12/h3-5,7H,6,8H2,1-2H3,(H,13,14). The lowest BCUT2D eigenvalue weighted by molar-refractivity contribution is -0.120. The highest BCUT2D eigenvalue weighted by atomic mass is 16.1. The van der Waals surface area contributed by atoms with Gasteiger partial charge in [0.1, 0.15) is 0 Å². The van der Waals surface area contributed by atoms with Crippen molar-refractivity contribution in [2.24, 2.45) is 5.41 Å². The van der Waals surface area contributed by atoms with Crippen molar-refractivity contribution in [3.05, 3.63) is 35.5 Å². The quantitative estimate of drug-likeness (QED) is 0.620. The fraction of sp³-hybridized carbons (Fsp3) is 0.417. The zero-order chi connectivity index (χ0) is 10.2. The SMILES string of the molecule is CC1(C)C=CC=C2CC(=O)NCC2=C1. The molecule has 0 radical (unpaired) electrons. The van der Waals surface area contributed by atoms with Crippen LogP contribution in [0.3, 0.4) is 0 Å². The van der Waals surface area contributed by atoms with E-state index in [1.54, 1.807) is 0 Å². The number of amides is 1. The summed E-state index contributed by atoms with van der Waals surface area (Å²) in [6, 6.07) is 0. The van der Waals surface area contributed by atoms with E-state index >= 15 is 0 Å². The van der Waals surface area contributed by atoms with Gasteiger partial charge in [-0.2, -0.15) is 0 Å². The number of fused-ring (bicyclic) bond motifs is 1. The summed E-state index contributed by atoms with van der Waals surface area (Å²) in [5.41, 5.74) is 2.52. The number of hydrogen-bond acceptors (Lipinski definition) is 1. The van der Waals surface area contributed by atoms with Crippen LogP contribution in [0.25, 0.3) is 0 Å². The van der Waals surface area contributed by atoms with Crippen LogP contribution >= 0.6 is 0 Å². The Morgan fingerprint density at radius 2 is 2.14 bits per heavy atom. The number of piperidine rings is 1. The molecule has 0 aromatic heterocycles. The summed E-state index contributed by atoms with van der Waals surface area (Å²) in [7, 11) is 0. The first-order chi connectivity index (χ1) is 6.57. The Balaban J connectivity index is 2.35. The van der Waals surface area contributed by atoms with Crippen LogP contribution in [-0.2, 0) is 4.79 Å². The molecule has 0 atom stereocenters. The van der Waals surface area contributed by atoms with Gasteiger partial charge in [-0.25, -0.2) is 0 Å². The van der Waals surface area contributed by atoms with Gasteiger partial charge in [0.25, 0.3) is 0 Å². The van der Waals surface area contributed by atoms with Crippen LogP contribution in [0.15, 0.2) is 35.5 Å². The van der Waals surface area contributed by atoms with Crippen molar-refractivity contribution in [1.82, 2.24) is 5.32 Å². The average Bonchev–Trinajstić information content (AvgIpc) is 2.22. The van der Waals surface area contributed by atoms with Gasteiger partial charge in [0, 0.05) is 12.0 Å². The predicted molar refractivity (Wildman–Crippen MR) is 56.7 cm³/mol. The van der Waals surface area contributed by atoms with Gasteiger partial charge >= 0.3 is 0 Å². The van der Waals surface area contributed by atoms with Gasteiger partial charge in [-0.3, -0.25) is 4.79 Å². The van der Waals surface area contributed by atoms with Crippen molar-refractivity contribution in [1.29, 1.82) is 0 Å². The normalized spacial score (nSPS) is 24.3. The van der Waals surface area contributed by atoms with Crippen molar-refractivity contribution in [3.63, 3.8) is 0 Å². The summed E-state index contributed by atoms with van der Waals surface area (Å²) in [4.78, 5) is 11.2. The average molecular weight is 189 g/mol. The number of allylic oxidation sites excluding steroid dienone is 4. The van der Waals surface area contributed by atoms with E-state index < -0.39 is 0 Å². The molecule has 2 aliphatic rings. The van der Waals surface area contributed by atoms with Crippen LogP contribution in [0.4, 0.5) is 0 Å². The summed E-state index contributed by atoms with van der Waals surface area (Å²) in [5.74, 6) is 0.126. The van der Waals surface area contributed by atoms with Crippen LogP contribution in [0.5, 0.6) is 0 Å². The Morgan fingerprint density at radius 3 is 2.93 bits per heavy atom. The molecule has 74 valence electrons. The highest BCUT2D eigenvalue weighted by Crippen LogP contribution is 2.29. The third-order valence-electron chi connectivity index (χ3n) is 2.61. The first kappa shape index (κ1) is 9.25. The molecular weight excluding hydrogens is 174 g/mol. The topological polar surface area (TPSA) is 29.1 Å². The molecule has 1 amide bonds. The Hall–Kier alpha value is -1.31. The molecule has 0 bridgehead atoms. The molecule has 2 heteroatoms. The second-order valence-corrected chi connectivity index (χ2v) is 4.50. The Morgan fingerprint density at radius 1 is 1.36 bits per heavy atom. The second kappa shape index (κ2) is 3.12. The summed E-state index contributed by atoms with van der Waals surface area (Å²) in [6.45, 7) is 5.02. The highest BCUT2D eigenvalue weighted by molar-refractivity contribution is 5.82. The Labute approximate surface area is 84.4 Å². The van der Waals surface area contributed by atoms with Gasteiger partial charge < -0.3 is 5.32 Å². The van der Waals surface area contributed by atoms with Crippen LogP contribution in [-0.4, -0.2) is 12.5 Å². The molecule has 1 N–H and O–H groups in total. The minimum Gasteiger partial charge on any atom is -0.352 e. The van der Waals surface area contributed by atoms with Gasteiger partial charge in [0.15, 0.2) is 0 Å². The summed E-state index contributed by atoms with van der Waals surface area (Å²) in [6.07, 6.45) is 9.03. The summed E-state index contributed by atoms with van der Waals surface area (Å²) >= 11 is 0. The van der Waals surface area contributed by atoms with Crippen molar-refractivity contribution in [2.45, 2.75) is 20.3 Å². The molecule has 0 unspecified atom stereocenters. The van der Waals surface area contributed by atoms with Gasteiger partial charge in [-0.05, 0) is 11.1 Å². The highest BCUT2D eigenvalue weighted by Gasteiger charge is 2.21. The minimum atomic E-state index is 0.0929. The maximum atomic E-state index is 11.2. The molecule has 1 aliphatic heterocycles. The Bertz CT molecular complexity index is 359. The van der Waals surface area contributed by atoms with Gasteiger partial charge in [-0.1, -0.05) is 38.2 Å². The molecule has 1 aliphatic carbocycles. The van der Waals surface area contributed by atoms with E-state index in [9.17, 15) is 4.79 Å². The van der Waals surface area contributed by atoms with Crippen molar-refractivity contribution in [2.75, 3.05) is 6.54 Å². The van der Waals surface area contributed by atoms with E-state index in [-0.39, 0.29) is 11.3 Å². The minimum absolute atomic E-state index is 0.0929. The molecule has 1 heterocycles. The molecule has 0 saturated carbocycles. The van der Waals surface area contributed by atoms with Gasteiger partial charge in [-0.15, -0.1) is 0 Å². The fourth-order valence-electron chi connectivity index (χ4n) is 1.88. The monoisotopic (exact) mass is 189 g/mol. The number of carbonyl (C=O) groups excluding carboxylic acids is 1. The Kier molecular flexibility index (Phi) is 2.06. The zero-order valence-electron chi connectivity index (χ0n) is 8.63. The lowest BCUT2D eigenvalue weighted by Crippen LogP contribution is -2.32. The smallest absolute Gasteiger partial charge is 0.224 e. The largest absolute Gasteiger partial charge is 0.352 e. The maximum Gasteiger partial charge on any atom is 0.224 e. The van der Waals surface area contributed by atoms with E-state index in [4.69, 9.17) is 0 Å². The molecule has 1 fully saturated rings. The zero-order valence-corrected chi connectivity index (χ0v) is 8.63. The van der Waals surface area contributed by atoms with Crippen LogP contribution in [0.1, 0.15) is 20.3 Å². The summed E-state index contributed by atoms with van der Waals surface area (Å²) in [5, 5.41) is 2.87. The number of carbonyl (C=O) groups is 1. The van der Waals surface area contributed by atoms with E-state index in [0.717, 1.165) is 5.57 Å². The first-order valence-corrected chi connectivity index (χ1v) is 4.94. The third kappa shape index (κ3) is 1.79. The summed E-state index contributed by atoms with van der Waals surface area (Å²) < 4.78 is 0. The van der Waals surface area contributed by atoms with E-state index in [1.165, 1.54) is 5.57 Å². The molecule has 1 saturated heterocycles. The van der Waals surface area contributed by atoms with Crippen LogP contribution in [0.2, 0.25) is 0 Å². The lowest BCUT2D eigenvalue weighted by atomic mass is 9.88. The molecular formula is C12H15NO. The van der Waals surface area contributed by atoms with Gasteiger partial charge in [0.05, 0.1) is 6.42 Å². The van der Waals surface area contributed by atoms with Gasteiger partial charge in [0.2, 0.25) is 5.91 Å². The van der Waals surface area contributed by atoms with Crippen molar-refractivity contribution < 1.29 is 4.79 Å². The number of nitrogens with one attached hydrogen (secondary N) is 1. The second-order valence-electron chi connectivity index (χ2n) is 4.50. The number of hydrogen-bond donors (Lipinski definition) is 1. The molecule has 0 spiro atoms. The number of rotatable bonds is 0. The predicted octanol–water partition coefficient (Wildman–Crippen LogP) is 1.96. The maximum absolute atomic E-state index is 11.2. The third-order valence-corrected chi connectivity index (χ3v) is 2.61. The molecule has 2 rings (SSSR count). The van der Waals surface area contributed by atoms with Crippen molar-refractivity contribution in [3.8, 4) is 0 Å². The molecule has 2 nitrogen and oxygen atoms in total. The molecule has 14 heavy (non-hydrogen) atoms. The van der Waals surface area contributed by atoms with Crippen LogP contribution in [0, 0.1) is 5.41 Å². The molecule has 0 aromatic carbocycles. The van der Waals surface area contributed by atoms with E-state index in [2.05, 4.69) is 43.5 Å². The van der Waals surface area contributed by atoms with Crippen molar-refractivity contribution >= 4 is 5.91 Å². The fourth-order valence-corrected chi connectivity index (χ4v) is 1.88. The van der Waals surface area contributed by atoms with E-state index in [1.807, 2.05) is 0 Å².